The van der Waals surface area contributed by atoms with Crippen molar-refractivity contribution < 1.29 is 4.74 Å². The second kappa shape index (κ2) is 3.84. The van der Waals surface area contributed by atoms with E-state index in [9.17, 15) is 0 Å². The van der Waals surface area contributed by atoms with Crippen LogP contribution in [0.25, 0.3) is 6.08 Å². The Hall–Kier alpha value is -0.950. The van der Waals surface area contributed by atoms with Gasteiger partial charge in [-0.15, -0.1) is 11.6 Å². The van der Waals surface area contributed by atoms with E-state index in [2.05, 4.69) is 6.08 Å². The van der Waals surface area contributed by atoms with Crippen molar-refractivity contribution in [2.24, 2.45) is 0 Å². The van der Waals surface area contributed by atoms with E-state index in [4.69, 9.17) is 16.3 Å². The number of alkyl halides is 1. The first-order valence-electron chi connectivity index (χ1n) is 4.37. The smallest absolute Gasteiger partial charge is 0.126 e. The van der Waals surface area contributed by atoms with Crippen LogP contribution in [0, 0.1) is 0 Å². The summed E-state index contributed by atoms with van der Waals surface area (Å²) in [5, 5.41) is 0. The molecule has 2 rings (SSSR count). The molecule has 0 bridgehead atoms. The van der Waals surface area contributed by atoms with Crippen LogP contribution in [0.4, 0.5) is 0 Å². The van der Waals surface area contributed by atoms with Gasteiger partial charge in [-0.1, -0.05) is 29.8 Å². The minimum atomic E-state index is 0.595. The van der Waals surface area contributed by atoms with Crippen molar-refractivity contribution in [3.63, 3.8) is 0 Å². The Bertz CT molecular complexity index is 331. The summed E-state index contributed by atoms with van der Waals surface area (Å²) in [5.74, 6) is 1.56. The van der Waals surface area contributed by atoms with Crippen molar-refractivity contribution in [3.05, 3.63) is 35.4 Å². The van der Waals surface area contributed by atoms with Gasteiger partial charge < -0.3 is 4.74 Å². The zero-order valence-electron chi connectivity index (χ0n) is 7.29. The fraction of sp³-hybridized carbons (Fsp3) is 0.273. The van der Waals surface area contributed by atoms with Gasteiger partial charge in [0.25, 0.3) is 0 Å². The van der Waals surface area contributed by atoms with E-state index in [1.165, 1.54) is 5.57 Å². The molecule has 1 aromatic carbocycles. The van der Waals surface area contributed by atoms with Gasteiger partial charge in [0.15, 0.2) is 0 Å². The summed E-state index contributed by atoms with van der Waals surface area (Å²) in [6, 6.07) is 8.03. The topological polar surface area (TPSA) is 9.23 Å². The normalized spacial score (nSPS) is 15.3. The minimum absolute atomic E-state index is 0.595. The lowest BCUT2D eigenvalue weighted by Gasteiger charge is -2.03. The zero-order valence-corrected chi connectivity index (χ0v) is 8.05. The van der Waals surface area contributed by atoms with Crippen molar-refractivity contribution in [1.82, 2.24) is 0 Å². The standard InChI is InChI=1S/C11H11ClO/c12-8-9-5-6-13-11-4-2-1-3-10(11)7-9/h1-4,7H,5-6,8H2. The number of fused-ring (bicyclic) bond motifs is 1. The number of hydrogen-bond donors (Lipinski definition) is 0. The highest BCUT2D eigenvalue weighted by atomic mass is 35.5. The van der Waals surface area contributed by atoms with Gasteiger partial charge in [0, 0.05) is 17.9 Å². The molecule has 0 spiro atoms. The molecule has 0 unspecified atom stereocenters. The summed E-state index contributed by atoms with van der Waals surface area (Å²) in [7, 11) is 0. The Balaban J connectivity index is 2.40. The second-order valence-corrected chi connectivity index (χ2v) is 3.34. The van der Waals surface area contributed by atoms with Gasteiger partial charge in [-0.2, -0.15) is 0 Å². The number of para-hydroxylation sites is 1. The highest BCUT2D eigenvalue weighted by molar-refractivity contribution is 6.19. The SMILES string of the molecule is ClCC1=Cc2ccccc2OCC1. The van der Waals surface area contributed by atoms with Crippen LogP contribution in [-0.2, 0) is 0 Å². The van der Waals surface area contributed by atoms with E-state index in [0.29, 0.717) is 5.88 Å². The maximum Gasteiger partial charge on any atom is 0.126 e. The van der Waals surface area contributed by atoms with Crippen molar-refractivity contribution in [1.29, 1.82) is 0 Å². The van der Waals surface area contributed by atoms with Gasteiger partial charge in [-0.3, -0.25) is 0 Å². The van der Waals surface area contributed by atoms with Crippen molar-refractivity contribution in [3.8, 4) is 5.75 Å². The molecule has 13 heavy (non-hydrogen) atoms. The molecule has 0 amide bonds. The first kappa shape index (κ1) is 8.64. The highest BCUT2D eigenvalue weighted by Gasteiger charge is 2.07. The molecule has 0 N–H and O–H groups in total. The van der Waals surface area contributed by atoms with E-state index in [1.54, 1.807) is 0 Å². The van der Waals surface area contributed by atoms with Crippen molar-refractivity contribution in [2.75, 3.05) is 12.5 Å². The van der Waals surface area contributed by atoms with Gasteiger partial charge in [-0.25, -0.2) is 0 Å². The molecule has 0 saturated heterocycles. The molecule has 1 aromatic rings. The predicted molar refractivity (Wildman–Crippen MR) is 55.3 cm³/mol. The summed E-state index contributed by atoms with van der Waals surface area (Å²) < 4.78 is 5.57. The zero-order chi connectivity index (χ0) is 9.10. The van der Waals surface area contributed by atoms with Crippen LogP contribution in [0.3, 0.4) is 0 Å². The predicted octanol–water partition coefficient (Wildman–Crippen LogP) is 3.09. The third-order valence-electron chi connectivity index (χ3n) is 2.13. The number of halogens is 1. The summed E-state index contributed by atoms with van der Waals surface area (Å²) in [6.45, 7) is 0.732. The maximum atomic E-state index is 5.80. The third-order valence-corrected chi connectivity index (χ3v) is 2.47. The number of hydrogen-bond acceptors (Lipinski definition) is 1. The summed E-state index contributed by atoms with van der Waals surface area (Å²) in [4.78, 5) is 0. The molecule has 0 radical (unpaired) electrons. The van der Waals surface area contributed by atoms with Gasteiger partial charge in [0.05, 0.1) is 6.61 Å². The van der Waals surface area contributed by atoms with Gasteiger partial charge in [0.1, 0.15) is 5.75 Å². The summed E-state index contributed by atoms with van der Waals surface area (Å²) in [6.07, 6.45) is 3.05. The Morgan fingerprint density at radius 1 is 1.31 bits per heavy atom. The fourth-order valence-electron chi connectivity index (χ4n) is 1.42. The Kier molecular flexibility index (Phi) is 2.55. The molecule has 1 heterocycles. The van der Waals surface area contributed by atoms with Crippen LogP contribution in [-0.4, -0.2) is 12.5 Å². The van der Waals surface area contributed by atoms with Crippen LogP contribution < -0.4 is 4.74 Å². The summed E-state index contributed by atoms with van der Waals surface area (Å²) in [5.41, 5.74) is 2.38. The van der Waals surface area contributed by atoms with Crippen molar-refractivity contribution >= 4 is 17.7 Å². The molecule has 0 fully saturated rings. The molecule has 0 saturated carbocycles. The lowest BCUT2D eigenvalue weighted by molar-refractivity contribution is 0.324. The molecule has 0 aliphatic carbocycles. The van der Waals surface area contributed by atoms with Gasteiger partial charge in [-0.05, 0) is 6.07 Å². The van der Waals surface area contributed by atoms with Crippen molar-refractivity contribution in [2.45, 2.75) is 6.42 Å². The van der Waals surface area contributed by atoms with Crippen LogP contribution in [0.1, 0.15) is 12.0 Å². The molecule has 1 nitrogen and oxygen atoms in total. The van der Waals surface area contributed by atoms with Crippen LogP contribution in [0.15, 0.2) is 29.8 Å². The van der Waals surface area contributed by atoms with Crippen LogP contribution in [0.5, 0.6) is 5.75 Å². The molecule has 0 aromatic heterocycles. The van der Waals surface area contributed by atoms with E-state index in [1.807, 2.05) is 24.3 Å². The lowest BCUT2D eigenvalue weighted by Crippen LogP contribution is -1.96. The van der Waals surface area contributed by atoms with E-state index in [0.717, 1.165) is 24.3 Å². The second-order valence-electron chi connectivity index (χ2n) is 3.07. The molecule has 68 valence electrons. The molecule has 1 aliphatic rings. The van der Waals surface area contributed by atoms with Gasteiger partial charge in [0.2, 0.25) is 0 Å². The minimum Gasteiger partial charge on any atom is -0.493 e. The average molecular weight is 195 g/mol. The van der Waals surface area contributed by atoms with E-state index in [-0.39, 0.29) is 0 Å². The quantitative estimate of drug-likeness (QED) is 0.625. The summed E-state index contributed by atoms with van der Waals surface area (Å²) >= 11 is 5.80. The maximum absolute atomic E-state index is 5.80. The number of rotatable bonds is 1. The number of benzene rings is 1. The molecule has 0 atom stereocenters. The van der Waals surface area contributed by atoms with E-state index >= 15 is 0 Å². The number of ether oxygens (including phenoxy) is 1. The highest BCUT2D eigenvalue weighted by Crippen LogP contribution is 2.25. The molecule has 2 heteroatoms. The Morgan fingerprint density at radius 3 is 3.00 bits per heavy atom. The third kappa shape index (κ3) is 1.86. The average Bonchev–Trinajstić information content (AvgIpc) is 2.38. The first-order valence-corrected chi connectivity index (χ1v) is 4.91. The Morgan fingerprint density at radius 2 is 2.15 bits per heavy atom. The van der Waals surface area contributed by atoms with Gasteiger partial charge >= 0.3 is 0 Å². The Labute approximate surface area is 83.0 Å². The van der Waals surface area contributed by atoms with Crippen LogP contribution in [0.2, 0.25) is 0 Å². The lowest BCUT2D eigenvalue weighted by atomic mass is 10.1. The molecule has 1 aliphatic heterocycles. The first-order chi connectivity index (χ1) is 6.40. The van der Waals surface area contributed by atoms with Crippen LogP contribution >= 0.6 is 11.6 Å². The molecular formula is C11H11ClO. The van der Waals surface area contributed by atoms with E-state index < -0.39 is 0 Å². The monoisotopic (exact) mass is 194 g/mol. The fourth-order valence-corrected chi connectivity index (χ4v) is 1.63. The molecular weight excluding hydrogens is 184 g/mol. The largest absolute Gasteiger partial charge is 0.493 e.